The third kappa shape index (κ3) is 3.22. The van der Waals surface area contributed by atoms with Gasteiger partial charge in [-0.3, -0.25) is 4.79 Å². The van der Waals surface area contributed by atoms with Crippen molar-refractivity contribution in [1.82, 2.24) is 9.88 Å². The summed E-state index contributed by atoms with van der Waals surface area (Å²) in [4.78, 5) is 30.3. The van der Waals surface area contributed by atoms with Gasteiger partial charge in [-0.25, -0.2) is 4.79 Å². The first-order chi connectivity index (χ1) is 10.5. The molecule has 1 N–H and O–H groups in total. The number of nitrogens with zero attached hydrogens (tertiary/aromatic N) is 1. The number of aromatic nitrogens is 1. The monoisotopic (exact) mass is 320 g/mol. The molecule has 0 unspecified atom stereocenters. The average Bonchev–Trinajstić information content (AvgIpc) is 3.06. The third-order valence-corrected chi connectivity index (χ3v) is 4.31. The Morgan fingerprint density at radius 2 is 2.09 bits per heavy atom. The zero-order chi connectivity index (χ0) is 16.3. The van der Waals surface area contributed by atoms with Crippen LogP contribution in [0, 0.1) is 13.8 Å². The quantitative estimate of drug-likeness (QED) is 0.861. The molecule has 6 heteroatoms. The van der Waals surface area contributed by atoms with Crippen molar-refractivity contribution in [3.8, 4) is 0 Å². The summed E-state index contributed by atoms with van der Waals surface area (Å²) in [5.41, 5.74) is 2.19. The van der Waals surface area contributed by atoms with Crippen LogP contribution in [0.25, 0.3) is 0 Å². The second-order valence-corrected chi connectivity index (χ2v) is 6.12. The van der Waals surface area contributed by atoms with E-state index >= 15 is 0 Å². The number of thiophene rings is 1. The Kier molecular flexibility index (Phi) is 5.03. The molecule has 0 aromatic carbocycles. The van der Waals surface area contributed by atoms with Crippen LogP contribution >= 0.6 is 11.3 Å². The molecule has 0 radical (unpaired) electrons. The number of aromatic amines is 1. The van der Waals surface area contributed by atoms with Gasteiger partial charge in [0.05, 0.1) is 18.7 Å². The van der Waals surface area contributed by atoms with Crippen LogP contribution in [-0.4, -0.2) is 35.4 Å². The minimum absolute atomic E-state index is 0.135. The first-order valence-electron chi connectivity index (χ1n) is 7.09. The van der Waals surface area contributed by atoms with E-state index in [0.717, 1.165) is 4.88 Å². The minimum Gasteiger partial charge on any atom is -0.462 e. The summed E-state index contributed by atoms with van der Waals surface area (Å²) in [7, 11) is 1.75. The van der Waals surface area contributed by atoms with Gasteiger partial charge in [0.2, 0.25) is 0 Å². The minimum atomic E-state index is -0.395. The van der Waals surface area contributed by atoms with E-state index in [1.807, 2.05) is 17.5 Å². The number of H-pyrrole nitrogens is 1. The van der Waals surface area contributed by atoms with Crippen molar-refractivity contribution in [2.75, 3.05) is 13.7 Å². The van der Waals surface area contributed by atoms with E-state index in [1.54, 1.807) is 44.1 Å². The summed E-state index contributed by atoms with van der Waals surface area (Å²) >= 11 is 1.61. The van der Waals surface area contributed by atoms with Crippen LogP contribution in [0.15, 0.2) is 17.5 Å². The van der Waals surface area contributed by atoms with Gasteiger partial charge in [-0.05, 0) is 37.8 Å². The van der Waals surface area contributed by atoms with Crippen LogP contribution in [-0.2, 0) is 11.3 Å². The second-order valence-electron chi connectivity index (χ2n) is 5.09. The molecule has 2 aromatic rings. The summed E-state index contributed by atoms with van der Waals surface area (Å²) in [5.74, 6) is -0.529. The van der Waals surface area contributed by atoms with Gasteiger partial charge in [0.15, 0.2) is 0 Å². The number of esters is 1. The van der Waals surface area contributed by atoms with Crippen LogP contribution in [0.4, 0.5) is 0 Å². The molecular weight excluding hydrogens is 300 g/mol. The molecule has 2 rings (SSSR count). The fraction of sp³-hybridized carbons (Fsp3) is 0.375. The number of carbonyl (C=O) groups excluding carboxylic acids is 2. The predicted octanol–water partition coefficient (Wildman–Crippen LogP) is 3.14. The molecule has 0 spiro atoms. The SMILES string of the molecule is CCOC(=O)c1c(C)[nH]c(C(=O)N(C)Cc2cccs2)c1C. The molecule has 0 aliphatic carbocycles. The highest BCUT2D eigenvalue weighted by molar-refractivity contribution is 7.09. The summed E-state index contributed by atoms with van der Waals surface area (Å²) in [6, 6.07) is 3.95. The lowest BCUT2D eigenvalue weighted by Crippen LogP contribution is -2.26. The standard InChI is InChI=1S/C16H20N2O3S/c1-5-21-16(20)13-10(2)14(17-11(13)3)15(19)18(4)9-12-7-6-8-22-12/h6-8,17H,5,9H2,1-4H3. The van der Waals surface area contributed by atoms with Crippen LogP contribution in [0.5, 0.6) is 0 Å². The van der Waals surface area contributed by atoms with Gasteiger partial charge in [0.1, 0.15) is 5.69 Å². The first-order valence-corrected chi connectivity index (χ1v) is 7.97. The maximum absolute atomic E-state index is 12.6. The van der Waals surface area contributed by atoms with Crippen molar-refractivity contribution in [2.45, 2.75) is 27.3 Å². The molecule has 5 nitrogen and oxygen atoms in total. The van der Waals surface area contributed by atoms with E-state index in [-0.39, 0.29) is 5.91 Å². The average molecular weight is 320 g/mol. The molecule has 22 heavy (non-hydrogen) atoms. The summed E-state index contributed by atoms with van der Waals surface area (Å²) in [5, 5.41) is 1.98. The van der Waals surface area contributed by atoms with Gasteiger partial charge in [-0.15, -0.1) is 11.3 Å². The van der Waals surface area contributed by atoms with Crippen molar-refractivity contribution < 1.29 is 14.3 Å². The predicted molar refractivity (Wildman–Crippen MR) is 86.3 cm³/mol. The highest BCUT2D eigenvalue weighted by atomic mass is 32.1. The Balaban J connectivity index is 2.23. The van der Waals surface area contributed by atoms with Gasteiger partial charge in [-0.1, -0.05) is 6.07 Å². The molecule has 0 saturated carbocycles. The fourth-order valence-electron chi connectivity index (χ4n) is 2.37. The largest absolute Gasteiger partial charge is 0.462 e. The zero-order valence-electron chi connectivity index (χ0n) is 13.2. The van der Waals surface area contributed by atoms with E-state index in [4.69, 9.17) is 4.74 Å². The Hall–Kier alpha value is -2.08. The van der Waals surface area contributed by atoms with E-state index in [0.29, 0.717) is 35.7 Å². The van der Waals surface area contributed by atoms with Gasteiger partial charge >= 0.3 is 5.97 Å². The van der Waals surface area contributed by atoms with E-state index in [9.17, 15) is 9.59 Å². The molecule has 0 saturated heterocycles. The smallest absolute Gasteiger partial charge is 0.340 e. The lowest BCUT2D eigenvalue weighted by molar-refractivity contribution is 0.0525. The maximum Gasteiger partial charge on any atom is 0.340 e. The van der Waals surface area contributed by atoms with Crippen LogP contribution in [0.1, 0.15) is 43.9 Å². The molecule has 2 aromatic heterocycles. The number of carbonyl (C=O) groups is 2. The maximum atomic E-state index is 12.6. The molecule has 2 heterocycles. The van der Waals surface area contributed by atoms with Crippen molar-refractivity contribution in [2.24, 2.45) is 0 Å². The summed E-state index contributed by atoms with van der Waals surface area (Å²) < 4.78 is 5.05. The Morgan fingerprint density at radius 3 is 2.68 bits per heavy atom. The van der Waals surface area contributed by atoms with E-state index < -0.39 is 5.97 Å². The normalized spacial score (nSPS) is 10.5. The van der Waals surface area contributed by atoms with Crippen molar-refractivity contribution >= 4 is 23.2 Å². The number of hydrogen-bond acceptors (Lipinski definition) is 4. The topological polar surface area (TPSA) is 62.4 Å². The van der Waals surface area contributed by atoms with Crippen LogP contribution in [0.3, 0.4) is 0 Å². The van der Waals surface area contributed by atoms with E-state index in [1.165, 1.54) is 0 Å². The van der Waals surface area contributed by atoms with Gasteiger partial charge in [0.25, 0.3) is 5.91 Å². The van der Waals surface area contributed by atoms with Crippen molar-refractivity contribution in [3.63, 3.8) is 0 Å². The molecule has 118 valence electrons. The van der Waals surface area contributed by atoms with Crippen molar-refractivity contribution in [3.05, 3.63) is 44.9 Å². The number of hydrogen-bond donors (Lipinski definition) is 1. The van der Waals surface area contributed by atoms with Gasteiger partial charge in [-0.2, -0.15) is 0 Å². The summed E-state index contributed by atoms with van der Waals surface area (Å²) in [6.07, 6.45) is 0. The summed E-state index contributed by atoms with van der Waals surface area (Å²) in [6.45, 7) is 6.15. The Labute approximate surface area is 133 Å². The zero-order valence-corrected chi connectivity index (χ0v) is 14.0. The third-order valence-electron chi connectivity index (χ3n) is 3.45. The fourth-order valence-corrected chi connectivity index (χ4v) is 3.13. The molecular formula is C16H20N2O3S. The van der Waals surface area contributed by atoms with E-state index in [2.05, 4.69) is 4.98 Å². The van der Waals surface area contributed by atoms with Gasteiger partial charge in [0, 0.05) is 17.6 Å². The lowest BCUT2D eigenvalue weighted by atomic mass is 10.1. The molecule has 0 bridgehead atoms. The molecule has 0 fully saturated rings. The molecule has 0 aliphatic rings. The Bertz CT molecular complexity index is 674. The number of aryl methyl sites for hydroxylation is 1. The second kappa shape index (κ2) is 6.79. The first kappa shape index (κ1) is 16.3. The van der Waals surface area contributed by atoms with Crippen molar-refractivity contribution in [1.29, 1.82) is 0 Å². The highest BCUT2D eigenvalue weighted by Crippen LogP contribution is 2.21. The number of nitrogens with one attached hydrogen (secondary N) is 1. The van der Waals surface area contributed by atoms with Gasteiger partial charge < -0.3 is 14.6 Å². The molecule has 0 atom stereocenters. The molecule has 1 amide bonds. The lowest BCUT2D eigenvalue weighted by Gasteiger charge is -2.16. The molecule has 0 aliphatic heterocycles. The number of ether oxygens (including phenoxy) is 1. The number of amides is 1. The Morgan fingerprint density at radius 1 is 1.36 bits per heavy atom. The van der Waals surface area contributed by atoms with Crippen LogP contribution < -0.4 is 0 Å². The number of rotatable bonds is 5. The van der Waals surface area contributed by atoms with Crippen LogP contribution in [0.2, 0.25) is 0 Å². The highest BCUT2D eigenvalue weighted by Gasteiger charge is 2.24.